The van der Waals surface area contributed by atoms with E-state index in [1.807, 2.05) is 64.5 Å². The average molecular weight is 565 g/mol. The Morgan fingerprint density at radius 1 is 1.13 bits per heavy atom. The first-order valence-corrected chi connectivity index (χ1v) is 15.1. The molecule has 2 aromatic heterocycles. The van der Waals surface area contributed by atoms with Gasteiger partial charge in [-0.1, -0.05) is 55.9 Å². The van der Waals surface area contributed by atoms with Crippen LogP contribution in [-0.2, 0) is 5.75 Å². The highest BCUT2D eigenvalue weighted by Crippen LogP contribution is 2.31. The van der Waals surface area contributed by atoms with E-state index in [-0.39, 0.29) is 11.9 Å². The predicted molar refractivity (Wildman–Crippen MR) is 159 cm³/mol. The summed E-state index contributed by atoms with van der Waals surface area (Å²) < 4.78 is 7.46. The normalized spacial score (nSPS) is 12.0. The predicted octanol–water partition coefficient (Wildman–Crippen LogP) is 5.93. The maximum atomic E-state index is 12.8. The molecule has 4 rings (SSSR count). The first-order chi connectivity index (χ1) is 19.0. The van der Waals surface area contributed by atoms with Gasteiger partial charge in [0.25, 0.3) is 5.91 Å². The highest BCUT2D eigenvalue weighted by atomic mass is 32.2. The third kappa shape index (κ3) is 7.68. The summed E-state index contributed by atoms with van der Waals surface area (Å²) in [6, 6.07) is 17.9. The highest BCUT2D eigenvalue weighted by Gasteiger charge is 2.18. The van der Waals surface area contributed by atoms with Crippen LogP contribution in [0, 0.1) is 0 Å². The lowest BCUT2D eigenvalue weighted by molar-refractivity contribution is 0.0932. The van der Waals surface area contributed by atoms with Gasteiger partial charge in [-0.15, -0.1) is 21.5 Å². The Bertz CT molecular complexity index is 1340. The SMILES string of the molecule is CCN(CC)CCCC(C)NC(=O)c1csc(CSc2nnc(-c3cccc(OC)c3)n2-c2ccccc2)n1. The number of ether oxygens (including phenoxy) is 1. The molecule has 1 N–H and O–H groups in total. The number of thiazole rings is 1. The molecule has 0 radical (unpaired) electrons. The summed E-state index contributed by atoms with van der Waals surface area (Å²) in [5, 5.41) is 15.6. The molecule has 1 atom stereocenters. The Labute approximate surface area is 238 Å². The summed E-state index contributed by atoms with van der Waals surface area (Å²) in [6.07, 6.45) is 2.00. The second-order valence-corrected chi connectivity index (χ2v) is 11.1. The van der Waals surface area contributed by atoms with Gasteiger partial charge in [-0.05, 0) is 63.7 Å². The van der Waals surface area contributed by atoms with Crippen LogP contribution in [0.4, 0.5) is 0 Å². The van der Waals surface area contributed by atoms with Crippen molar-refractivity contribution in [1.82, 2.24) is 30.0 Å². The van der Waals surface area contributed by atoms with Gasteiger partial charge in [0.2, 0.25) is 0 Å². The number of nitrogens with one attached hydrogen (secondary N) is 1. The van der Waals surface area contributed by atoms with Crippen LogP contribution in [0.25, 0.3) is 17.1 Å². The van der Waals surface area contributed by atoms with Crippen LogP contribution in [0.1, 0.15) is 49.1 Å². The van der Waals surface area contributed by atoms with Crippen LogP contribution in [0.15, 0.2) is 65.1 Å². The monoisotopic (exact) mass is 564 g/mol. The molecule has 0 fully saturated rings. The van der Waals surface area contributed by atoms with E-state index in [4.69, 9.17) is 4.74 Å². The molecule has 0 aliphatic heterocycles. The van der Waals surface area contributed by atoms with Gasteiger partial charge < -0.3 is 15.0 Å². The summed E-state index contributed by atoms with van der Waals surface area (Å²) in [7, 11) is 1.65. The van der Waals surface area contributed by atoms with E-state index in [0.29, 0.717) is 11.4 Å². The molecular formula is C29H36N6O2S2. The largest absolute Gasteiger partial charge is 0.497 e. The zero-order valence-corrected chi connectivity index (χ0v) is 24.6. The van der Waals surface area contributed by atoms with Crippen LogP contribution >= 0.6 is 23.1 Å². The van der Waals surface area contributed by atoms with Crippen LogP contribution in [0.3, 0.4) is 0 Å². The third-order valence-electron chi connectivity index (χ3n) is 6.47. The maximum absolute atomic E-state index is 12.8. The van der Waals surface area contributed by atoms with Crippen LogP contribution in [-0.4, -0.2) is 63.3 Å². The molecule has 8 nitrogen and oxygen atoms in total. The Hall–Kier alpha value is -3.21. The van der Waals surface area contributed by atoms with Crippen LogP contribution < -0.4 is 10.1 Å². The molecule has 0 saturated heterocycles. The van der Waals surface area contributed by atoms with Gasteiger partial charge in [0.1, 0.15) is 16.5 Å². The number of benzene rings is 2. The topological polar surface area (TPSA) is 85.2 Å². The fourth-order valence-electron chi connectivity index (χ4n) is 4.26. The van der Waals surface area contributed by atoms with E-state index in [0.717, 1.165) is 65.5 Å². The van der Waals surface area contributed by atoms with Crippen molar-refractivity contribution in [2.24, 2.45) is 0 Å². The van der Waals surface area contributed by atoms with Crippen LogP contribution in [0.2, 0.25) is 0 Å². The number of thioether (sulfide) groups is 1. The molecular weight excluding hydrogens is 528 g/mol. The maximum Gasteiger partial charge on any atom is 0.270 e. The van der Waals surface area contributed by atoms with Gasteiger partial charge in [-0.25, -0.2) is 4.98 Å². The van der Waals surface area contributed by atoms with Gasteiger partial charge in [-0.3, -0.25) is 9.36 Å². The molecule has 0 spiro atoms. The Kier molecular flexibility index (Phi) is 10.5. The van der Waals surface area contributed by atoms with Crippen molar-refractivity contribution in [1.29, 1.82) is 0 Å². The van der Waals surface area contributed by atoms with Gasteiger partial charge in [0.15, 0.2) is 11.0 Å². The Morgan fingerprint density at radius 3 is 2.67 bits per heavy atom. The molecule has 39 heavy (non-hydrogen) atoms. The lowest BCUT2D eigenvalue weighted by Gasteiger charge is -2.19. The van der Waals surface area contributed by atoms with Gasteiger partial charge in [0, 0.05) is 22.7 Å². The first-order valence-electron chi connectivity index (χ1n) is 13.3. The number of hydrogen-bond acceptors (Lipinski definition) is 8. The van der Waals surface area contributed by atoms with Crippen molar-refractivity contribution in [2.45, 2.75) is 50.6 Å². The molecule has 10 heteroatoms. The fraction of sp³-hybridized carbons (Fsp3) is 0.379. The Morgan fingerprint density at radius 2 is 1.92 bits per heavy atom. The fourth-order valence-corrected chi connectivity index (χ4v) is 6.01. The van der Waals surface area contributed by atoms with E-state index in [9.17, 15) is 4.79 Å². The number of nitrogens with zero attached hydrogens (tertiary/aromatic N) is 5. The number of hydrogen-bond donors (Lipinski definition) is 1. The molecule has 0 aliphatic rings. The summed E-state index contributed by atoms with van der Waals surface area (Å²) in [5.41, 5.74) is 2.35. The second-order valence-electron chi connectivity index (χ2n) is 9.17. The number of aromatic nitrogens is 4. The number of rotatable bonds is 14. The Balaban J connectivity index is 1.42. The molecule has 0 bridgehead atoms. The van der Waals surface area contributed by atoms with E-state index in [1.165, 1.54) is 11.3 Å². The zero-order chi connectivity index (χ0) is 27.6. The second kappa shape index (κ2) is 14.3. The molecule has 1 unspecified atom stereocenters. The van der Waals surface area contributed by atoms with E-state index in [2.05, 4.69) is 46.2 Å². The highest BCUT2D eigenvalue weighted by molar-refractivity contribution is 7.98. The van der Waals surface area contributed by atoms with Crippen LogP contribution in [0.5, 0.6) is 5.75 Å². The summed E-state index contributed by atoms with van der Waals surface area (Å²) in [6.45, 7) is 9.58. The van der Waals surface area contributed by atoms with Crippen molar-refractivity contribution < 1.29 is 9.53 Å². The van der Waals surface area contributed by atoms with Gasteiger partial charge in [-0.2, -0.15) is 0 Å². The lowest BCUT2D eigenvalue weighted by Crippen LogP contribution is -2.33. The average Bonchev–Trinajstić information content (AvgIpc) is 3.62. The minimum atomic E-state index is -0.120. The number of amides is 1. The van der Waals surface area contributed by atoms with Gasteiger partial charge in [0.05, 0.1) is 12.9 Å². The van der Waals surface area contributed by atoms with E-state index in [1.54, 1.807) is 18.9 Å². The first kappa shape index (κ1) is 28.8. The third-order valence-corrected chi connectivity index (χ3v) is 8.44. The van der Waals surface area contributed by atoms with Crippen molar-refractivity contribution in [3.8, 4) is 22.8 Å². The molecule has 206 valence electrons. The molecule has 1 amide bonds. The minimum absolute atomic E-state index is 0.104. The molecule has 4 aromatic rings. The van der Waals surface area contributed by atoms with E-state index < -0.39 is 0 Å². The smallest absolute Gasteiger partial charge is 0.270 e. The number of methoxy groups -OCH3 is 1. The molecule has 0 saturated carbocycles. The quantitative estimate of drug-likeness (QED) is 0.190. The molecule has 2 heterocycles. The summed E-state index contributed by atoms with van der Waals surface area (Å²) in [5.74, 6) is 1.96. The van der Waals surface area contributed by atoms with Crippen molar-refractivity contribution in [2.75, 3.05) is 26.7 Å². The van der Waals surface area contributed by atoms with Crippen molar-refractivity contribution >= 4 is 29.0 Å². The van der Waals surface area contributed by atoms with Crippen molar-refractivity contribution in [3.63, 3.8) is 0 Å². The van der Waals surface area contributed by atoms with Crippen molar-refractivity contribution in [3.05, 3.63) is 70.7 Å². The van der Waals surface area contributed by atoms with E-state index >= 15 is 0 Å². The zero-order valence-electron chi connectivity index (χ0n) is 23.0. The summed E-state index contributed by atoms with van der Waals surface area (Å²) in [4.78, 5) is 19.8. The molecule has 0 aliphatic carbocycles. The number of carbonyl (C=O) groups excluding carboxylic acids is 1. The van der Waals surface area contributed by atoms with Gasteiger partial charge >= 0.3 is 0 Å². The number of carbonyl (C=O) groups is 1. The molecule has 2 aromatic carbocycles. The minimum Gasteiger partial charge on any atom is -0.497 e. The number of para-hydroxylation sites is 1. The lowest BCUT2D eigenvalue weighted by atomic mass is 10.1. The standard InChI is InChI=1S/C29H36N6O2S2/c1-5-34(6-2)17-11-12-21(3)30-28(36)25-19-38-26(31-25)20-39-29-33-32-27(22-13-10-16-24(18-22)37-4)35(29)23-14-8-7-9-15-23/h7-10,13-16,18-19,21H,5-6,11-12,17,20H2,1-4H3,(H,30,36). The summed E-state index contributed by atoms with van der Waals surface area (Å²) >= 11 is 3.04.